The fourth-order valence-electron chi connectivity index (χ4n) is 1.33. The second-order valence-electron chi connectivity index (χ2n) is 3.72. The van der Waals surface area contributed by atoms with Crippen molar-refractivity contribution in [3.63, 3.8) is 0 Å². The summed E-state index contributed by atoms with van der Waals surface area (Å²) in [7, 11) is 2.02. The van der Waals surface area contributed by atoms with Crippen LogP contribution in [0.2, 0.25) is 0 Å². The van der Waals surface area contributed by atoms with Crippen LogP contribution in [0, 0.1) is 5.92 Å². The number of nitrogens with zero attached hydrogens (tertiary/aromatic N) is 1. The quantitative estimate of drug-likeness (QED) is 0.787. The fourth-order valence-corrected chi connectivity index (χ4v) is 2.09. The molecule has 13 heavy (non-hydrogen) atoms. The molecule has 0 saturated carbocycles. The molecule has 0 bridgehead atoms. The van der Waals surface area contributed by atoms with E-state index < -0.39 is 0 Å². The van der Waals surface area contributed by atoms with Crippen LogP contribution in [0.1, 0.15) is 37.6 Å². The Kier molecular flexibility index (Phi) is 4.39. The number of thiazole rings is 1. The minimum atomic E-state index is 0.495. The molecule has 0 aromatic carbocycles. The first-order valence-electron chi connectivity index (χ1n) is 4.79. The van der Waals surface area contributed by atoms with Crippen molar-refractivity contribution in [3.05, 3.63) is 16.6 Å². The van der Waals surface area contributed by atoms with Gasteiger partial charge in [0.15, 0.2) is 0 Å². The molecule has 2 nitrogen and oxygen atoms in total. The highest BCUT2D eigenvalue weighted by atomic mass is 32.1. The molecule has 1 unspecified atom stereocenters. The van der Waals surface area contributed by atoms with Crippen LogP contribution in [0.5, 0.6) is 0 Å². The molecule has 0 aliphatic heterocycles. The Morgan fingerprint density at radius 1 is 1.46 bits per heavy atom. The molecule has 0 aliphatic carbocycles. The molecule has 3 heteroatoms. The molecule has 1 N–H and O–H groups in total. The largest absolute Gasteiger partial charge is 0.312 e. The van der Waals surface area contributed by atoms with Crippen molar-refractivity contribution in [1.82, 2.24) is 10.3 Å². The Morgan fingerprint density at radius 3 is 2.69 bits per heavy atom. The maximum Gasteiger partial charge on any atom is 0.0794 e. The van der Waals surface area contributed by atoms with E-state index in [1.807, 2.05) is 18.8 Å². The van der Waals surface area contributed by atoms with Gasteiger partial charge in [-0.15, -0.1) is 11.3 Å². The predicted molar refractivity (Wildman–Crippen MR) is 58.0 cm³/mol. The lowest BCUT2D eigenvalue weighted by Gasteiger charge is -2.14. The lowest BCUT2D eigenvalue weighted by Crippen LogP contribution is -2.15. The molecular formula is C10H18N2S. The summed E-state index contributed by atoms with van der Waals surface area (Å²) in [4.78, 5) is 5.45. The first-order chi connectivity index (χ1) is 6.24. The van der Waals surface area contributed by atoms with Gasteiger partial charge in [-0.2, -0.15) is 0 Å². The van der Waals surface area contributed by atoms with Crippen molar-refractivity contribution in [1.29, 1.82) is 0 Å². The van der Waals surface area contributed by atoms with Gasteiger partial charge in [-0.3, -0.25) is 4.98 Å². The number of rotatable bonds is 5. The van der Waals surface area contributed by atoms with E-state index in [0.29, 0.717) is 6.04 Å². The molecule has 1 aromatic rings. The molecule has 0 saturated heterocycles. The zero-order valence-electron chi connectivity index (χ0n) is 8.58. The summed E-state index contributed by atoms with van der Waals surface area (Å²) >= 11 is 1.73. The number of aromatic nitrogens is 1. The number of nitrogens with one attached hydrogen (secondary N) is 1. The van der Waals surface area contributed by atoms with Crippen LogP contribution in [0.25, 0.3) is 0 Å². The highest BCUT2D eigenvalue weighted by Gasteiger charge is 2.10. The predicted octanol–water partition coefficient (Wildman–Crippen LogP) is 2.84. The maximum atomic E-state index is 4.10. The summed E-state index contributed by atoms with van der Waals surface area (Å²) in [6, 6.07) is 0.495. The molecule has 1 atom stereocenters. The van der Waals surface area contributed by atoms with Gasteiger partial charge >= 0.3 is 0 Å². The molecule has 0 amide bonds. The smallest absolute Gasteiger partial charge is 0.0794 e. The van der Waals surface area contributed by atoms with Gasteiger partial charge in [-0.05, 0) is 25.8 Å². The fraction of sp³-hybridized carbons (Fsp3) is 0.700. The monoisotopic (exact) mass is 198 g/mol. The van der Waals surface area contributed by atoms with Gasteiger partial charge in [0.25, 0.3) is 0 Å². The number of hydrogen-bond donors (Lipinski definition) is 1. The van der Waals surface area contributed by atoms with Crippen molar-refractivity contribution in [2.24, 2.45) is 5.92 Å². The number of hydrogen-bond acceptors (Lipinski definition) is 3. The topological polar surface area (TPSA) is 24.9 Å². The van der Waals surface area contributed by atoms with Crippen molar-refractivity contribution in [3.8, 4) is 0 Å². The average molecular weight is 198 g/mol. The van der Waals surface area contributed by atoms with Crippen LogP contribution in [-0.2, 0) is 0 Å². The van der Waals surface area contributed by atoms with Crippen LogP contribution in [0.15, 0.2) is 11.7 Å². The van der Waals surface area contributed by atoms with E-state index in [4.69, 9.17) is 0 Å². The third-order valence-corrected chi connectivity index (χ3v) is 3.07. The standard InChI is InChI=1S/C10H18N2S/c1-8(2)4-5-9(11-3)10-6-12-7-13-10/h6-9,11H,4-5H2,1-3H3. The first-order valence-corrected chi connectivity index (χ1v) is 5.67. The summed E-state index contributed by atoms with van der Waals surface area (Å²) in [6.07, 6.45) is 4.44. The lowest BCUT2D eigenvalue weighted by atomic mass is 10.0. The Bertz CT molecular complexity index is 219. The van der Waals surface area contributed by atoms with Crippen molar-refractivity contribution >= 4 is 11.3 Å². The van der Waals surface area contributed by atoms with E-state index in [0.717, 1.165) is 5.92 Å². The van der Waals surface area contributed by atoms with E-state index >= 15 is 0 Å². The maximum absolute atomic E-state index is 4.10. The van der Waals surface area contributed by atoms with Crippen LogP contribution in [-0.4, -0.2) is 12.0 Å². The molecule has 1 heterocycles. The Labute approximate surface area is 84.4 Å². The highest BCUT2D eigenvalue weighted by molar-refractivity contribution is 7.09. The molecule has 1 aromatic heterocycles. The SMILES string of the molecule is CNC(CCC(C)C)c1cncs1. The normalized spacial score (nSPS) is 13.5. The van der Waals surface area contributed by atoms with Gasteiger partial charge in [0.2, 0.25) is 0 Å². The average Bonchev–Trinajstić information content (AvgIpc) is 2.58. The van der Waals surface area contributed by atoms with E-state index in [1.165, 1.54) is 17.7 Å². The summed E-state index contributed by atoms with van der Waals surface area (Å²) in [6.45, 7) is 4.53. The molecular weight excluding hydrogens is 180 g/mol. The minimum Gasteiger partial charge on any atom is -0.312 e. The van der Waals surface area contributed by atoms with Gasteiger partial charge in [0.1, 0.15) is 0 Å². The summed E-state index contributed by atoms with van der Waals surface area (Å²) in [5.41, 5.74) is 1.90. The summed E-state index contributed by atoms with van der Waals surface area (Å²) < 4.78 is 0. The second-order valence-corrected chi connectivity index (χ2v) is 4.63. The zero-order valence-corrected chi connectivity index (χ0v) is 9.40. The first kappa shape index (κ1) is 10.7. The van der Waals surface area contributed by atoms with Gasteiger partial charge in [-0.25, -0.2) is 0 Å². The third-order valence-electron chi connectivity index (χ3n) is 2.18. The highest BCUT2D eigenvalue weighted by Crippen LogP contribution is 2.23. The van der Waals surface area contributed by atoms with Crippen LogP contribution >= 0.6 is 11.3 Å². The third kappa shape index (κ3) is 3.44. The Morgan fingerprint density at radius 2 is 2.23 bits per heavy atom. The molecule has 0 fully saturated rings. The van der Waals surface area contributed by atoms with Gasteiger partial charge in [-0.1, -0.05) is 13.8 Å². The molecule has 0 aliphatic rings. The Balaban J connectivity index is 2.44. The lowest BCUT2D eigenvalue weighted by molar-refractivity contribution is 0.469. The van der Waals surface area contributed by atoms with E-state index in [1.54, 1.807) is 11.3 Å². The van der Waals surface area contributed by atoms with Crippen molar-refractivity contribution < 1.29 is 0 Å². The molecule has 1 rings (SSSR count). The molecule has 74 valence electrons. The van der Waals surface area contributed by atoms with Crippen LogP contribution in [0.4, 0.5) is 0 Å². The van der Waals surface area contributed by atoms with E-state index in [2.05, 4.69) is 24.1 Å². The zero-order chi connectivity index (χ0) is 9.68. The molecule has 0 radical (unpaired) electrons. The second kappa shape index (κ2) is 5.35. The van der Waals surface area contributed by atoms with Crippen LogP contribution < -0.4 is 5.32 Å². The van der Waals surface area contributed by atoms with Gasteiger partial charge in [0, 0.05) is 17.1 Å². The summed E-state index contributed by atoms with van der Waals surface area (Å²) in [5.74, 6) is 0.781. The van der Waals surface area contributed by atoms with Crippen molar-refractivity contribution in [2.75, 3.05) is 7.05 Å². The van der Waals surface area contributed by atoms with E-state index in [9.17, 15) is 0 Å². The van der Waals surface area contributed by atoms with Gasteiger partial charge < -0.3 is 5.32 Å². The minimum absolute atomic E-state index is 0.495. The molecule has 0 spiro atoms. The van der Waals surface area contributed by atoms with E-state index in [-0.39, 0.29) is 0 Å². The van der Waals surface area contributed by atoms with Crippen molar-refractivity contribution in [2.45, 2.75) is 32.7 Å². The Hall–Kier alpha value is -0.410. The van der Waals surface area contributed by atoms with Gasteiger partial charge in [0.05, 0.1) is 5.51 Å². The summed E-state index contributed by atoms with van der Waals surface area (Å²) in [5, 5.41) is 3.33. The van der Waals surface area contributed by atoms with Crippen LogP contribution in [0.3, 0.4) is 0 Å².